The van der Waals surface area contributed by atoms with E-state index in [2.05, 4.69) is 157 Å². The lowest BCUT2D eigenvalue weighted by atomic mass is 9.98. The summed E-state index contributed by atoms with van der Waals surface area (Å²) < 4.78 is 6.37. The van der Waals surface area contributed by atoms with Gasteiger partial charge in [-0.3, -0.25) is 0 Å². The topological polar surface area (TPSA) is 16.4 Å². The van der Waals surface area contributed by atoms with Crippen molar-refractivity contribution in [3.63, 3.8) is 0 Å². The highest BCUT2D eigenvalue weighted by molar-refractivity contribution is 6.15. The second-order valence-corrected chi connectivity index (χ2v) is 11.4. The van der Waals surface area contributed by atoms with Gasteiger partial charge in [0.1, 0.15) is 11.2 Å². The lowest BCUT2D eigenvalue weighted by molar-refractivity contribution is 0.669. The first-order valence-electron chi connectivity index (χ1n) is 15.0. The van der Waals surface area contributed by atoms with Crippen LogP contribution in [-0.2, 0) is 0 Å². The maximum absolute atomic E-state index is 6.37. The zero-order valence-corrected chi connectivity index (χ0v) is 23.9. The summed E-state index contributed by atoms with van der Waals surface area (Å²) in [7, 11) is 0. The van der Waals surface area contributed by atoms with Crippen molar-refractivity contribution in [2.45, 2.75) is 0 Å². The van der Waals surface area contributed by atoms with Gasteiger partial charge in [0.2, 0.25) is 0 Å². The number of furan rings is 1. The van der Waals surface area contributed by atoms with Crippen molar-refractivity contribution in [2.24, 2.45) is 0 Å². The third kappa shape index (κ3) is 3.96. The van der Waals surface area contributed by atoms with Crippen LogP contribution in [0.2, 0.25) is 0 Å². The molecule has 9 aromatic rings. The molecular weight excluding hydrogens is 534 g/mol. The van der Waals surface area contributed by atoms with E-state index in [1.807, 2.05) is 12.1 Å². The van der Waals surface area contributed by atoms with Crippen molar-refractivity contribution < 1.29 is 4.42 Å². The van der Waals surface area contributed by atoms with Gasteiger partial charge in [-0.15, -0.1) is 0 Å². The summed E-state index contributed by atoms with van der Waals surface area (Å²) in [4.78, 5) is 2.38. The summed E-state index contributed by atoms with van der Waals surface area (Å²) in [6.45, 7) is 0. The molecule has 0 spiro atoms. The largest absolute Gasteiger partial charge is 0.456 e. The average Bonchev–Trinajstić information content (AvgIpc) is 3.46. The van der Waals surface area contributed by atoms with E-state index >= 15 is 0 Å². The minimum absolute atomic E-state index is 0.882. The van der Waals surface area contributed by atoms with Crippen LogP contribution in [0.4, 0.5) is 17.1 Å². The van der Waals surface area contributed by atoms with E-state index < -0.39 is 0 Å². The zero-order chi connectivity index (χ0) is 29.0. The van der Waals surface area contributed by atoms with Gasteiger partial charge in [0.05, 0.1) is 5.69 Å². The Morgan fingerprint density at radius 3 is 1.86 bits per heavy atom. The van der Waals surface area contributed by atoms with Crippen LogP contribution in [-0.4, -0.2) is 0 Å². The number of hydrogen-bond acceptors (Lipinski definition) is 2. The van der Waals surface area contributed by atoms with E-state index in [-0.39, 0.29) is 0 Å². The second-order valence-electron chi connectivity index (χ2n) is 11.4. The van der Waals surface area contributed by atoms with Gasteiger partial charge in [0.25, 0.3) is 0 Å². The number of hydrogen-bond donors (Lipinski definition) is 0. The van der Waals surface area contributed by atoms with Gasteiger partial charge in [0, 0.05) is 33.6 Å². The SMILES string of the molecule is c1ccc(-c2ccc3cc(N(c4ccc5c(c4)oc4ccccc45)c4cc5ccccc5c5ccccc45)ccc3c2)cc1. The Morgan fingerprint density at radius 2 is 0.977 bits per heavy atom. The van der Waals surface area contributed by atoms with Crippen LogP contribution in [0, 0.1) is 0 Å². The molecule has 1 aromatic heterocycles. The van der Waals surface area contributed by atoms with Gasteiger partial charge < -0.3 is 9.32 Å². The summed E-state index contributed by atoms with van der Waals surface area (Å²) in [5.74, 6) is 0. The normalized spacial score (nSPS) is 11.6. The van der Waals surface area contributed by atoms with Gasteiger partial charge in [0.15, 0.2) is 0 Å². The van der Waals surface area contributed by atoms with E-state index in [1.165, 1.54) is 43.4 Å². The highest BCUT2D eigenvalue weighted by Crippen LogP contribution is 2.44. The van der Waals surface area contributed by atoms with Crippen LogP contribution < -0.4 is 4.90 Å². The molecule has 0 bridgehead atoms. The maximum atomic E-state index is 6.37. The number of nitrogens with zero attached hydrogens (tertiary/aromatic N) is 1. The van der Waals surface area contributed by atoms with E-state index in [9.17, 15) is 0 Å². The van der Waals surface area contributed by atoms with Gasteiger partial charge >= 0.3 is 0 Å². The molecule has 0 aliphatic rings. The highest BCUT2D eigenvalue weighted by Gasteiger charge is 2.19. The van der Waals surface area contributed by atoms with Crippen LogP contribution in [0.15, 0.2) is 168 Å². The van der Waals surface area contributed by atoms with Gasteiger partial charge in [-0.05, 0) is 80.5 Å². The van der Waals surface area contributed by atoms with Crippen molar-refractivity contribution in [1.29, 1.82) is 0 Å². The molecule has 0 fully saturated rings. The Bertz CT molecular complexity index is 2510. The van der Waals surface area contributed by atoms with Crippen molar-refractivity contribution in [2.75, 3.05) is 4.90 Å². The Hall–Kier alpha value is -5.86. The number of fused-ring (bicyclic) bond motifs is 7. The maximum Gasteiger partial charge on any atom is 0.137 e. The highest BCUT2D eigenvalue weighted by atomic mass is 16.3. The molecule has 0 aliphatic heterocycles. The zero-order valence-electron chi connectivity index (χ0n) is 23.9. The molecule has 0 radical (unpaired) electrons. The van der Waals surface area contributed by atoms with Crippen molar-refractivity contribution >= 4 is 71.3 Å². The van der Waals surface area contributed by atoms with Gasteiger partial charge in [-0.25, -0.2) is 0 Å². The monoisotopic (exact) mass is 561 g/mol. The number of para-hydroxylation sites is 1. The average molecular weight is 562 g/mol. The molecule has 206 valence electrons. The molecule has 2 heteroatoms. The molecule has 0 N–H and O–H groups in total. The fourth-order valence-corrected chi connectivity index (χ4v) is 6.68. The Labute approximate surface area is 255 Å². The first-order chi connectivity index (χ1) is 21.8. The smallest absolute Gasteiger partial charge is 0.137 e. The molecular formula is C42H27NO. The van der Waals surface area contributed by atoms with Crippen LogP contribution >= 0.6 is 0 Å². The lowest BCUT2D eigenvalue weighted by Crippen LogP contribution is -2.10. The molecule has 0 unspecified atom stereocenters. The Balaban J connectivity index is 1.29. The van der Waals surface area contributed by atoms with E-state index in [0.717, 1.165) is 39.0 Å². The third-order valence-electron chi connectivity index (χ3n) is 8.80. The summed E-state index contributed by atoms with van der Waals surface area (Å²) in [5, 5.41) is 9.58. The van der Waals surface area contributed by atoms with Crippen LogP contribution in [0.5, 0.6) is 0 Å². The van der Waals surface area contributed by atoms with Crippen molar-refractivity contribution in [3.05, 3.63) is 164 Å². The van der Waals surface area contributed by atoms with E-state index in [4.69, 9.17) is 4.42 Å². The quantitative estimate of drug-likeness (QED) is 0.199. The summed E-state index contributed by atoms with van der Waals surface area (Å²) in [5.41, 5.74) is 7.52. The van der Waals surface area contributed by atoms with Gasteiger partial charge in [-0.1, -0.05) is 115 Å². The van der Waals surface area contributed by atoms with Crippen LogP contribution in [0.25, 0.3) is 65.4 Å². The molecule has 2 nitrogen and oxygen atoms in total. The standard InChI is InChI=1S/C42H27NO/c1-2-10-28(11-3-1)29-18-19-31-25-33(21-20-30(31)24-29)43(34-22-23-39-38-16-8-9-17-41(38)44-42(39)27-34)40-26-32-12-4-5-13-35(32)36-14-6-7-15-37(36)40/h1-27H. The molecule has 44 heavy (non-hydrogen) atoms. The van der Waals surface area contributed by atoms with E-state index in [1.54, 1.807) is 0 Å². The third-order valence-corrected chi connectivity index (χ3v) is 8.80. The van der Waals surface area contributed by atoms with Crippen molar-refractivity contribution in [3.8, 4) is 11.1 Å². The predicted octanol–water partition coefficient (Wildman–Crippen LogP) is 12.2. The minimum atomic E-state index is 0.882. The van der Waals surface area contributed by atoms with Crippen LogP contribution in [0.3, 0.4) is 0 Å². The molecule has 9 rings (SSSR count). The summed E-state index contributed by atoms with van der Waals surface area (Å²) in [6.07, 6.45) is 0. The summed E-state index contributed by atoms with van der Waals surface area (Å²) >= 11 is 0. The lowest BCUT2D eigenvalue weighted by Gasteiger charge is -2.28. The Kier molecular flexibility index (Phi) is 5.54. The van der Waals surface area contributed by atoms with Gasteiger partial charge in [-0.2, -0.15) is 0 Å². The fraction of sp³-hybridized carbons (Fsp3) is 0. The number of rotatable bonds is 4. The molecule has 0 atom stereocenters. The first kappa shape index (κ1) is 24.7. The molecule has 0 saturated heterocycles. The molecule has 8 aromatic carbocycles. The predicted molar refractivity (Wildman–Crippen MR) is 186 cm³/mol. The first-order valence-corrected chi connectivity index (χ1v) is 15.0. The fourth-order valence-electron chi connectivity index (χ4n) is 6.68. The molecule has 0 saturated carbocycles. The Morgan fingerprint density at radius 1 is 0.341 bits per heavy atom. The van der Waals surface area contributed by atoms with Crippen molar-refractivity contribution in [1.82, 2.24) is 0 Å². The van der Waals surface area contributed by atoms with Crippen LogP contribution in [0.1, 0.15) is 0 Å². The molecule has 0 aliphatic carbocycles. The number of anilines is 3. The molecule has 1 heterocycles. The molecule has 0 amide bonds. The number of benzene rings is 8. The minimum Gasteiger partial charge on any atom is -0.456 e. The van der Waals surface area contributed by atoms with E-state index in [0.29, 0.717) is 0 Å². The summed E-state index contributed by atoms with van der Waals surface area (Å²) in [6, 6.07) is 58.6. The second kappa shape index (κ2) is 9.86.